The van der Waals surface area contributed by atoms with E-state index >= 15 is 0 Å². The van der Waals surface area contributed by atoms with Crippen molar-refractivity contribution in [1.82, 2.24) is 15.0 Å². The minimum atomic E-state index is -0.867. The maximum atomic E-state index is 12.0. The average molecular weight is 537 g/mol. The van der Waals surface area contributed by atoms with E-state index in [9.17, 15) is 9.90 Å². The summed E-state index contributed by atoms with van der Waals surface area (Å²) >= 11 is 0. The average Bonchev–Trinajstić information content (AvgIpc) is 2.97. The molecule has 1 N–H and O–H groups in total. The molecule has 2 aromatic heterocycles. The summed E-state index contributed by atoms with van der Waals surface area (Å²) in [7, 11) is 1.57. The third kappa shape index (κ3) is 4.85. The lowest BCUT2D eigenvalue weighted by molar-refractivity contribution is -0.136. The molecule has 4 aromatic rings. The molecule has 40 heavy (non-hydrogen) atoms. The third-order valence-electron chi connectivity index (χ3n) is 7.84. The Morgan fingerprint density at radius 3 is 2.60 bits per heavy atom. The molecule has 0 spiro atoms. The summed E-state index contributed by atoms with van der Waals surface area (Å²) in [5, 5.41) is 9.83. The van der Waals surface area contributed by atoms with Gasteiger partial charge in [0, 0.05) is 36.2 Å². The van der Waals surface area contributed by atoms with Crippen LogP contribution in [-0.4, -0.2) is 46.3 Å². The Morgan fingerprint density at radius 1 is 0.975 bits per heavy atom. The van der Waals surface area contributed by atoms with Gasteiger partial charge in [-0.1, -0.05) is 24.3 Å². The number of carboxylic acid groups (broad SMARTS) is 1. The zero-order chi connectivity index (χ0) is 27.8. The molecule has 4 heterocycles. The number of carboxylic acids is 1. The highest BCUT2D eigenvalue weighted by Crippen LogP contribution is 2.41. The van der Waals surface area contributed by atoms with Crippen molar-refractivity contribution >= 4 is 11.8 Å². The summed E-state index contributed by atoms with van der Waals surface area (Å²) in [4.78, 5) is 27.7. The fourth-order valence-corrected chi connectivity index (χ4v) is 5.95. The van der Waals surface area contributed by atoms with Gasteiger partial charge >= 0.3 is 12.0 Å². The zero-order valence-corrected chi connectivity index (χ0v) is 23.0. The van der Waals surface area contributed by atoms with E-state index < -0.39 is 5.97 Å². The van der Waals surface area contributed by atoms with E-state index in [2.05, 4.69) is 45.2 Å². The first kappa shape index (κ1) is 25.8. The molecule has 2 aliphatic heterocycles. The lowest BCUT2D eigenvalue weighted by Gasteiger charge is -2.30. The van der Waals surface area contributed by atoms with Gasteiger partial charge in [0.05, 0.1) is 20.1 Å². The molecule has 0 saturated carbocycles. The number of pyridine rings is 1. The van der Waals surface area contributed by atoms with Crippen LogP contribution in [0, 0.1) is 13.8 Å². The third-order valence-corrected chi connectivity index (χ3v) is 7.84. The van der Waals surface area contributed by atoms with E-state index in [0.717, 1.165) is 95.3 Å². The number of anilines is 1. The molecular weight excluding hydrogens is 504 g/mol. The van der Waals surface area contributed by atoms with E-state index in [1.807, 2.05) is 26.0 Å². The van der Waals surface area contributed by atoms with Crippen LogP contribution < -0.4 is 14.4 Å². The van der Waals surface area contributed by atoms with Crippen LogP contribution >= 0.6 is 0 Å². The Kier molecular flexibility index (Phi) is 6.84. The van der Waals surface area contributed by atoms with Crippen molar-refractivity contribution in [1.29, 1.82) is 0 Å². The fraction of sp³-hybridized carbons (Fsp3) is 0.312. The van der Waals surface area contributed by atoms with E-state index in [4.69, 9.17) is 14.5 Å². The van der Waals surface area contributed by atoms with Crippen LogP contribution in [0.1, 0.15) is 40.1 Å². The standard InChI is InChI=1S/C32H32N4O4/c1-19-26(17-29(37)38)31(24-8-9-27-22(16-24)5-4-14-40-27)30(20(2)34-19)23-6-7-25-18-36(13-11-21(25)15-23)28-10-12-33-32(35-28)39-3/h6-10,12,15-16H,4-5,11,13-14,17-18H2,1-3H3,(H,37,38). The summed E-state index contributed by atoms with van der Waals surface area (Å²) in [6.07, 6.45) is 4.42. The number of carbonyl (C=O) groups is 1. The van der Waals surface area contributed by atoms with E-state index in [0.29, 0.717) is 6.01 Å². The summed E-state index contributed by atoms with van der Waals surface area (Å²) in [6.45, 7) is 6.21. The van der Waals surface area contributed by atoms with Gasteiger partial charge < -0.3 is 19.5 Å². The molecule has 0 amide bonds. The van der Waals surface area contributed by atoms with Gasteiger partial charge in [-0.05, 0) is 90.3 Å². The first-order valence-corrected chi connectivity index (χ1v) is 13.6. The van der Waals surface area contributed by atoms with Crippen molar-refractivity contribution in [2.24, 2.45) is 0 Å². The van der Waals surface area contributed by atoms with Crippen molar-refractivity contribution in [3.05, 3.63) is 82.3 Å². The second kappa shape index (κ2) is 10.6. The number of aryl methyl sites for hydroxylation is 3. The Balaban J connectivity index is 1.44. The maximum Gasteiger partial charge on any atom is 0.318 e. The quantitative estimate of drug-likeness (QED) is 0.352. The molecule has 0 bridgehead atoms. The molecule has 2 aromatic carbocycles. The number of rotatable bonds is 6. The van der Waals surface area contributed by atoms with Crippen molar-refractivity contribution < 1.29 is 19.4 Å². The van der Waals surface area contributed by atoms with Crippen molar-refractivity contribution in [2.45, 2.75) is 46.1 Å². The highest BCUT2D eigenvalue weighted by molar-refractivity contribution is 5.90. The summed E-state index contributed by atoms with van der Waals surface area (Å²) in [5.74, 6) is 0.893. The number of benzene rings is 2. The number of ether oxygens (including phenoxy) is 2. The summed E-state index contributed by atoms with van der Waals surface area (Å²) in [6, 6.07) is 15.1. The molecule has 0 radical (unpaired) electrons. The van der Waals surface area contributed by atoms with Gasteiger partial charge in [-0.2, -0.15) is 4.98 Å². The second-order valence-electron chi connectivity index (χ2n) is 10.4. The molecule has 0 atom stereocenters. The molecule has 0 unspecified atom stereocenters. The molecular formula is C32H32N4O4. The number of aromatic nitrogens is 3. The fourth-order valence-electron chi connectivity index (χ4n) is 5.95. The van der Waals surface area contributed by atoms with E-state index in [-0.39, 0.29) is 6.42 Å². The summed E-state index contributed by atoms with van der Waals surface area (Å²) < 4.78 is 11.1. The van der Waals surface area contributed by atoms with Gasteiger partial charge in [0.2, 0.25) is 0 Å². The van der Waals surface area contributed by atoms with Crippen LogP contribution in [0.15, 0.2) is 48.7 Å². The molecule has 6 rings (SSSR count). The SMILES string of the molecule is COc1nccc(N2CCc3cc(-c4c(C)nc(C)c(CC(=O)O)c4-c4ccc5c(c4)CCCO5)ccc3C2)n1. The van der Waals surface area contributed by atoms with Crippen molar-refractivity contribution in [2.75, 3.05) is 25.2 Å². The van der Waals surface area contributed by atoms with Gasteiger partial charge in [-0.15, -0.1) is 0 Å². The topological polar surface area (TPSA) is 97.7 Å². The monoisotopic (exact) mass is 536 g/mol. The van der Waals surface area contributed by atoms with Crippen LogP contribution in [0.4, 0.5) is 5.82 Å². The highest BCUT2D eigenvalue weighted by Gasteiger charge is 2.24. The molecule has 2 aliphatic rings. The predicted molar refractivity (Wildman–Crippen MR) is 153 cm³/mol. The van der Waals surface area contributed by atoms with Crippen LogP contribution in [-0.2, 0) is 30.6 Å². The van der Waals surface area contributed by atoms with Gasteiger partial charge in [-0.3, -0.25) is 9.78 Å². The minimum Gasteiger partial charge on any atom is -0.493 e. The normalized spacial score (nSPS) is 14.2. The first-order valence-electron chi connectivity index (χ1n) is 13.6. The van der Waals surface area contributed by atoms with Crippen LogP contribution in [0.2, 0.25) is 0 Å². The number of nitrogens with zero attached hydrogens (tertiary/aromatic N) is 4. The highest BCUT2D eigenvalue weighted by atomic mass is 16.5. The van der Waals surface area contributed by atoms with E-state index in [1.165, 1.54) is 11.1 Å². The second-order valence-corrected chi connectivity index (χ2v) is 10.4. The van der Waals surface area contributed by atoms with Crippen LogP contribution in [0.3, 0.4) is 0 Å². The molecule has 8 heteroatoms. The number of hydrogen-bond acceptors (Lipinski definition) is 7. The van der Waals surface area contributed by atoms with Gasteiger partial charge in [-0.25, -0.2) is 4.98 Å². The smallest absolute Gasteiger partial charge is 0.318 e. The Hall–Kier alpha value is -4.46. The molecule has 8 nitrogen and oxygen atoms in total. The zero-order valence-electron chi connectivity index (χ0n) is 23.0. The Labute approximate surface area is 233 Å². The Bertz CT molecular complexity index is 1620. The van der Waals surface area contributed by atoms with Crippen LogP contribution in [0.25, 0.3) is 22.3 Å². The molecule has 204 valence electrons. The molecule has 0 fully saturated rings. The number of hydrogen-bond donors (Lipinski definition) is 1. The molecule has 0 saturated heterocycles. The van der Waals surface area contributed by atoms with Crippen molar-refractivity contribution in [3.63, 3.8) is 0 Å². The Morgan fingerprint density at radius 2 is 1.77 bits per heavy atom. The molecule has 0 aliphatic carbocycles. The predicted octanol–water partition coefficient (Wildman–Crippen LogP) is 5.35. The number of methoxy groups -OCH3 is 1. The lowest BCUT2D eigenvalue weighted by atomic mass is 9.85. The van der Waals surface area contributed by atoms with Crippen LogP contribution in [0.5, 0.6) is 11.8 Å². The maximum absolute atomic E-state index is 12.0. The summed E-state index contributed by atoms with van der Waals surface area (Å²) in [5.41, 5.74) is 10.1. The van der Waals surface area contributed by atoms with Crippen molar-refractivity contribution in [3.8, 4) is 34.0 Å². The lowest BCUT2D eigenvalue weighted by Crippen LogP contribution is -2.31. The van der Waals surface area contributed by atoms with Gasteiger partial charge in [0.25, 0.3) is 0 Å². The van der Waals surface area contributed by atoms with E-state index in [1.54, 1.807) is 13.3 Å². The van der Waals surface area contributed by atoms with Gasteiger partial charge in [0.15, 0.2) is 0 Å². The van der Waals surface area contributed by atoms with Gasteiger partial charge in [0.1, 0.15) is 11.6 Å². The minimum absolute atomic E-state index is 0.0860. The number of fused-ring (bicyclic) bond motifs is 2. The number of aliphatic carboxylic acids is 1. The first-order chi connectivity index (χ1) is 19.4. The largest absolute Gasteiger partial charge is 0.493 e.